The van der Waals surface area contributed by atoms with Gasteiger partial charge in [0.2, 0.25) is 0 Å². The van der Waals surface area contributed by atoms with Crippen LogP contribution in [-0.4, -0.2) is 38.3 Å². The first-order valence-electron chi connectivity index (χ1n) is 9.94. The van der Waals surface area contributed by atoms with E-state index in [2.05, 4.69) is 26.1 Å². The fraction of sp³-hybridized carbons (Fsp3) is 0.435. The van der Waals surface area contributed by atoms with E-state index >= 15 is 0 Å². The van der Waals surface area contributed by atoms with Crippen LogP contribution in [0.15, 0.2) is 42.5 Å². The largest absolute Gasteiger partial charge is 0.481 e. The van der Waals surface area contributed by atoms with Gasteiger partial charge < -0.3 is 19.7 Å². The van der Waals surface area contributed by atoms with Gasteiger partial charge in [0.25, 0.3) is 5.91 Å². The molecule has 5 nitrogen and oxygen atoms in total. The first-order valence-corrected chi connectivity index (χ1v) is 9.94. The molecule has 1 aliphatic rings. The number of anilines is 2. The number of ether oxygens (including phenoxy) is 2. The molecular weight excluding hydrogens is 371 g/mol. The van der Waals surface area contributed by atoms with E-state index in [4.69, 9.17) is 9.47 Å². The number of benzene rings is 2. The van der Waals surface area contributed by atoms with Gasteiger partial charge in [-0.3, -0.25) is 4.79 Å². The Morgan fingerprint density at radius 2 is 1.79 bits per heavy atom. The summed E-state index contributed by atoms with van der Waals surface area (Å²) in [7, 11) is 0. The summed E-state index contributed by atoms with van der Waals surface area (Å²) >= 11 is 0. The highest BCUT2D eigenvalue weighted by atomic mass is 19.1. The molecule has 0 aromatic heterocycles. The highest BCUT2D eigenvalue weighted by Crippen LogP contribution is 2.26. The molecule has 0 saturated carbocycles. The lowest BCUT2D eigenvalue weighted by atomic mass is 9.87. The van der Waals surface area contributed by atoms with Crippen LogP contribution in [0.3, 0.4) is 0 Å². The van der Waals surface area contributed by atoms with Crippen LogP contribution in [0.25, 0.3) is 0 Å². The van der Waals surface area contributed by atoms with Crippen LogP contribution in [0.4, 0.5) is 15.8 Å². The summed E-state index contributed by atoms with van der Waals surface area (Å²) in [5, 5.41) is 2.72. The molecular formula is C23H29FN2O3. The summed E-state index contributed by atoms with van der Waals surface area (Å²) in [6, 6.07) is 12.5. The zero-order chi connectivity index (χ0) is 21.0. The van der Waals surface area contributed by atoms with Crippen molar-refractivity contribution in [2.45, 2.75) is 39.2 Å². The van der Waals surface area contributed by atoms with Crippen LogP contribution in [0.1, 0.15) is 33.3 Å². The van der Waals surface area contributed by atoms with Crippen molar-refractivity contribution in [3.05, 3.63) is 53.8 Å². The second-order valence-corrected chi connectivity index (χ2v) is 8.29. The summed E-state index contributed by atoms with van der Waals surface area (Å²) in [6.45, 7) is 10.6. The van der Waals surface area contributed by atoms with E-state index in [1.807, 2.05) is 29.2 Å². The first-order chi connectivity index (χ1) is 13.7. The number of carbonyl (C=O) groups is 1. The van der Waals surface area contributed by atoms with Crippen molar-refractivity contribution in [3.63, 3.8) is 0 Å². The minimum atomic E-state index is -0.711. The standard InChI is InChI=1S/C23H29FN2O3/c1-16(29-19-8-5-17(6-9-19)23(2,3)4)22(27)25-18-7-10-21(20(24)15-18)26-11-13-28-14-12-26/h5-10,15-16H,11-14H2,1-4H3,(H,25,27). The van der Waals surface area contributed by atoms with Crippen molar-refractivity contribution < 1.29 is 18.7 Å². The van der Waals surface area contributed by atoms with E-state index in [0.717, 1.165) is 0 Å². The lowest BCUT2D eigenvalue weighted by molar-refractivity contribution is -0.122. The van der Waals surface area contributed by atoms with E-state index in [1.54, 1.807) is 19.1 Å². The molecule has 3 rings (SSSR count). The molecule has 0 aliphatic carbocycles. The molecule has 0 radical (unpaired) electrons. The minimum Gasteiger partial charge on any atom is -0.481 e. The summed E-state index contributed by atoms with van der Waals surface area (Å²) in [4.78, 5) is 14.4. The Hall–Kier alpha value is -2.60. The van der Waals surface area contributed by atoms with Crippen LogP contribution in [-0.2, 0) is 14.9 Å². The molecule has 1 N–H and O–H groups in total. The number of amides is 1. The van der Waals surface area contributed by atoms with Crippen molar-refractivity contribution in [1.29, 1.82) is 0 Å². The Morgan fingerprint density at radius 1 is 1.14 bits per heavy atom. The first kappa shape index (κ1) is 21.1. The Balaban J connectivity index is 1.60. The zero-order valence-electron chi connectivity index (χ0n) is 17.5. The quantitative estimate of drug-likeness (QED) is 0.810. The van der Waals surface area contributed by atoms with Gasteiger partial charge in [0.05, 0.1) is 18.9 Å². The number of rotatable bonds is 5. The van der Waals surface area contributed by atoms with Crippen molar-refractivity contribution >= 4 is 17.3 Å². The number of nitrogens with zero attached hydrogens (tertiary/aromatic N) is 1. The van der Waals surface area contributed by atoms with E-state index < -0.39 is 6.10 Å². The maximum Gasteiger partial charge on any atom is 0.265 e. The van der Waals surface area contributed by atoms with Crippen molar-refractivity contribution in [2.75, 3.05) is 36.5 Å². The van der Waals surface area contributed by atoms with E-state index in [0.29, 0.717) is 43.4 Å². The van der Waals surface area contributed by atoms with Crippen LogP contribution in [0, 0.1) is 5.82 Å². The Kier molecular flexibility index (Phi) is 6.42. The van der Waals surface area contributed by atoms with E-state index in [1.165, 1.54) is 11.6 Å². The molecule has 1 saturated heterocycles. The minimum absolute atomic E-state index is 0.0545. The molecule has 0 bridgehead atoms. The lowest BCUT2D eigenvalue weighted by Crippen LogP contribution is -2.36. The van der Waals surface area contributed by atoms with Gasteiger partial charge in [0.1, 0.15) is 11.6 Å². The van der Waals surface area contributed by atoms with E-state index in [9.17, 15) is 9.18 Å². The molecule has 2 aromatic carbocycles. The molecule has 1 aliphatic heterocycles. The summed E-state index contributed by atoms with van der Waals surface area (Å²) in [5.74, 6) is -0.0750. The summed E-state index contributed by atoms with van der Waals surface area (Å²) < 4.78 is 25.5. The molecule has 6 heteroatoms. The van der Waals surface area contributed by atoms with Gasteiger partial charge in [0, 0.05) is 18.8 Å². The third-order valence-electron chi connectivity index (χ3n) is 4.97. The Labute approximate surface area is 171 Å². The fourth-order valence-electron chi connectivity index (χ4n) is 3.18. The van der Waals surface area contributed by atoms with Gasteiger partial charge in [-0.15, -0.1) is 0 Å². The monoisotopic (exact) mass is 400 g/mol. The van der Waals surface area contributed by atoms with Crippen LogP contribution < -0.4 is 15.0 Å². The molecule has 1 unspecified atom stereocenters. The van der Waals surface area contributed by atoms with Gasteiger partial charge >= 0.3 is 0 Å². The third-order valence-corrected chi connectivity index (χ3v) is 4.97. The second kappa shape index (κ2) is 8.82. The smallest absolute Gasteiger partial charge is 0.265 e. The van der Waals surface area contributed by atoms with Gasteiger partial charge in [0.15, 0.2) is 6.10 Å². The predicted molar refractivity (Wildman–Crippen MR) is 113 cm³/mol. The molecule has 29 heavy (non-hydrogen) atoms. The summed E-state index contributed by atoms with van der Waals surface area (Å²) in [6.07, 6.45) is -0.711. The average Bonchev–Trinajstić information content (AvgIpc) is 2.68. The van der Waals surface area contributed by atoms with Crippen molar-refractivity contribution in [3.8, 4) is 5.75 Å². The van der Waals surface area contributed by atoms with Gasteiger partial charge in [-0.1, -0.05) is 32.9 Å². The molecule has 156 valence electrons. The zero-order valence-corrected chi connectivity index (χ0v) is 17.5. The van der Waals surface area contributed by atoms with Crippen LogP contribution >= 0.6 is 0 Å². The van der Waals surface area contributed by atoms with Crippen molar-refractivity contribution in [1.82, 2.24) is 0 Å². The molecule has 1 fully saturated rings. The Bertz CT molecular complexity index is 840. The topological polar surface area (TPSA) is 50.8 Å². The normalized spacial score (nSPS) is 15.7. The third kappa shape index (κ3) is 5.48. The summed E-state index contributed by atoms with van der Waals surface area (Å²) in [5.41, 5.74) is 2.18. The molecule has 1 amide bonds. The lowest BCUT2D eigenvalue weighted by Gasteiger charge is -2.29. The van der Waals surface area contributed by atoms with E-state index in [-0.39, 0.29) is 17.1 Å². The Morgan fingerprint density at radius 3 is 2.38 bits per heavy atom. The van der Waals surface area contributed by atoms with Gasteiger partial charge in [-0.2, -0.15) is 0 Å². The van der Waals surface area contributed by atoms with Gasteiger partial charge in [-0.25, -0.2) is 4.39 Å². The SMILES string of the molecule is CC(Oc1ccc(C(C)(C)C)cc1)C(=O)Nc1ccc(N2CCOCC2)c(F)c1. The van der Waals surface area contributed by atoms with Crippen LogP contribution in [0.2, 0.25) is 0 Å². The predicted octanol–water partition coefficient (Wildman–Crippen LogP) is 4.37. The van der Waals surface area contributed by atoms with Crippen molar-refractivity contribution in [2.24, 2.45) is 0 Å². The molecule has 1 atom stereocenters. The average molecular weight is 400 g/mol. The number of carbonyl (C=O) groups excluding carboxylic acids is 1. The number of halogens is 1. The van der Waals surface area contributed by atoms with Gasteiger partial charge in [-0.05, 0) is 48.2 Å². The maximum atomic E-state index is 14.5. The maximum absolute atomic E-state index is 14.5. The highest BCUT2D eigenvalue weighted by Gasteiger charge is 2.19. The fourth-order valence-corrected chi connectivity index (χ4v) is 3.18. The molecule has 0 spiro atoms. The van der Waals surface area contributed by atoms with Crippen LogP contribution in [0.5, 0.6) is 5.75 Å². The molecule has 1 heterocycles. The number of hydrogen-bond donors (Lipinski definition) is 1. The second-order valence-electron chi connectivity index (χ2n) is 8.29. The number of morpholine rings is 1. The molecule has 2 aromatic rings. The number of nitrogens with one attached hydrogen (secondary N) is 1. The number of hydrogen-bond acceptors (Lipinski definition) is 4. The highest BCUT2D eigenvalue weighted by molar-refractivity contribution is 5.94.